The molecule has 0 bridgehead atoms. The second-order valence-corrected chi connectivity index (χ2v) is 9.79. The standard InChI is InChI=1S/C20H26FN5O2S/c1-13-10-15(4-5-17(13)21)29(27,28)26-9-6-14(11-26)19-23-18-7-8-25(3)12-16(18)20(22-2)24-19/h4-5,10,14H,6-9,11-12H2,1-3H3,(H,22,23,24). The first-order valence-corrected chi connectivity index (χ1v) is 11.3. The minimum atomic E-state index is -3.67. The highest BCUT2D eigenvalue weighted by molar-refractivity contribution is 7.89. The maximum Gasteiger partial charge on any atom is 0.243 e. The van der Waals surface area contributed by atoms with Crippen LogP contribution in [0.4, 0.5) is 10.2 Å². The fraction of sp³-hybridized carbons (Fsp3) is 0.500. The summed E-state index contributed by atoms with van der Waals surface area (Å²) in [5.41, 5.74) is 2.49. The molecule has 0 spiro atoms. The van der Waals surface area contributed by atoms with Crippen molar-refractivity contribution in [2.75, 3.05) is 39.0 Å². The Morgan fingerprint density at radius 3 is 2.76 bits per heavy atom. The SMILES string of the molecule is CNc1nc(C2CCN(S(=O)(=O)c3ccc(F)c(C)c3)C2)nc2c1CN(C)CC2. The lowest BCUT2D eigenvalue weighted by molar-refractivity contribution is 0.309. The molecule has 3 heterocycles. The molecule has 1 N–H and O–H groups in total. The summed E-state index contributed by atoms with van der Waals surface area (Å²) in [5, 5.41) is 3.17. The van der Waals surface area contributed by atoms with Crippen molar-refractivity contribution in [3.63, 3.8) is 0 Å². The van der Waals surface area contributed by atoms with Crippen LogP contribution in [0.25, 0.3) is 0 Å². The lowest BCUT2D eigenvalue weighted by Crippen LogP contribution is -2.30. The third kappa shape index (κ3) is 3.74. The Hall–Kier alpha value is -2.10. The van der Waals surface area contributed by atoms with E-state index in [9.17, 15) is 12.8 Å². The molecule has 0 radical (unpaired) electrons. The number of benzene rings is 1. The summed E-state index contributed by atoms with van der Waals surface area (Å²) in [7, 11) is 0.257. The van der Waals surface area contributed by atoms with Crippen molar-refractivity contribution < 1.29 is 12.8 Å². The first-order valence-electron chi connectivity index (χ1n) is 9.82. The fourth-order valence-corrected chi connectivity index (χ4v) is 5.63. The number of likely N-dealkylation sites (N-methyl/N-ethyl adjacent to an activating group) is 1. The highest BCUT2D eigenvalue weighted by Gasteiger charge is 2.35. The summed E-state index contributed by atoms with van der Waals surface area (Å²) in [6, 6.07) is 3.93. The Kier molecular flexibility index (Phi) is 5.30. The van der Waals surface area contributed by atoms with Crippen molar-refractivity contribution in [1.82, 2.24) is 19.2 Å². The zero-order valence-corrected chi connectivity index (χ0v) is 17.8. The van der Waals surface area contributed by atoms with E-state index >= 15 is 0 Å². The van der Waals surface area contributed by atoms with Crippen LogP contribution in [-0.2, 0) is 23.0 Å². The second kappa shape index (κ2) is 7.62. The van der Waals surface area contributed by atoms with Crippen molar-refractivity contribution >= 4 is 15.8 Å². The molecule has 2 aliphatic heterocycles. The number of anilines is 1. The van der Waals surface area contributed by atoms with Gasteiger partial charge >= 0.3 is 0 Å². The molecule has 0 amide bonds. The molecule has 1 saturated heterocycles. The van der Waals surface area contributed by atoms with Crippen LogP contribution in [0.3, 0.4) is 0 Å². The summed E-state index contributed by atoms with van der Waals surface area (Å²) in [6.45, 7) is 4.06. The van der Waals surface area contributed by atoms with Gasteiger partial charge in [-0.05, 0) is 44.2 Å². The molecule has 156 valence electrons. The molecule has 29 heavy (non-hydrogen) atoms. The molecule has 9 heteroatoms. The number of hydrogen-bond acceptors (Lipinski definition) is 6. The summed E-state index contributed by atoms with van der Waals surface area (Å²) < 4.78 is 41.0. The molecular formula is C20H26FN5O2S. The average Bonchev–Trinajstić information content (AvgIpc) is 3.20. The summed E-state index contributed by atoms with van der Waals surface area (Å²) in [5.74, 6) is 1.07. The zero-order chi connectivity index (χ0) is 20.8. The Labute approximate surface area is 171 Å². The van der Waals surface area contributed by atoms with Crippen molar-refractivity contribution in [3.8, 4) is 0 Å². The van der Waals surface area contributed by atoms with E-state index in [2.05, 4.69) is 17.3 Å². The van der Waals surface area contributed by atoms with Crippen LogP contribution in [0.15, 0.2) is 23.1 Å². The van der Waals surface area contributed by atoms with Crippen LogP contribution in [0.5, 0.6) is 0 Å². The number of sulfonamides is 1. The number of aromatic nitrogens is 2. The molecule has 0 aliphatic carbocycles. The Morgan fingerprint density at radius 1 is 1.24 bits per heavy atom. The minimum Gasteiger partial charge on any atom is -0.373 e. The Balaban J connectivity index is 1.59. The van der Waals surface area contributed by atoms with Gasteiger partial charge in [0.05, 0.1) is 10.6 Å². The summed E-state index contributed by atoms with van der Waals surface area (Å²) in [6.07, 6.45) is 1.53. The van der Waals surface area contributed by atoms with E-state index in [0.717, 1.165) is 36.6 Å². The van der Waals surface area contributed by atoms with Crippen molar-refractivity contribution in [2.24, 2.45) is 0 Å². The van der Waals surface area contributed by atoms with Gasteiger partial charge in [0, 0.05) is 51.1 Å². The molecule has 1 unspecified atom stereocenters. The molecule has 7 nitrogen and oxygen atoms in total. The Morgan fingerprint density at radius 2 is 2.03 bits per heavy atom. The first-order chi connectivity index (χ1) is 13.8. The normalized spacial score (nSPS) is 20.6. The van der Waals surface area contributed by atoms with Crippen LogP contribution < -0.4 is 5.32 Å². The highest BCUT2D eigenvalue weighted by Crippen LogP contribution is 2.32. The number of aryl methyl sites for hydroxylation is 1. The topological polar surface area (TPSA) is 78.4 Å². The Bertz CT molecular complexity index is 1030. The van der Waals surface area contributed by atoms with Crippen LogP contribution in [0.2, 0.25) is 0 Å². The third-order valence-corrected chi connectivity index (χ3v) is 7.65. The lowest BCUT2D eigenvalue weighted by atomic mass is 10.0. The van der Waals surface area contributed by atoms with Gasteiger partial charge in [-0.3, -0.25) is 0 Å². The summed E-state index contributed by atoms with van der Waals surface area (Å²) >= 11 is 0. The van der Waals surface area contributed by atoms with Crippen LogP contribution in [0.1, 0.15) is 35.0 Å². The van der Waals surface area contributed by atoms with Crippen LogP contribution >= 0.6 is 0 Å². The molecule has 0 saturated carbocycles. The molecular weight excluding hydrogens is 393 g/mol. The third-order valence-electron chi connectivity index (χ3n) is 5.79. The molecule has 4 rings (SSSR count). The van der Waals surface area contributed by atoms with Gasteiger partial charge in [0.1, 0.15) is 17.5 Å². The van der Waals surface area contributed by atoms with Gasteiger partial charge in [0.2, 0.25) is 10.0 Å². The molecule has 1 aromatic carbocycles. The smallest absolute Gasteiger partial charge is 0.243 e. The van der Waals surface area contributed by atoms with Gasteiger partial charge in [-0.25, -0.2) is 22.8 Å². The monoisotopic (exact) mass is 419 g/mol. The van der Waals surface area contributed by atoms with Crippen molar-refractivity contribution in [1.29, 1.82) is 0 Å². The number of hydrogen-bond donors (Lipinski definition) is 1. The van der Waals surface area contributed by atoms with Crippen molar-refractivity contribution in [2.45, 2.75) is 37.1 Å². The zero-order valence-electron chi connectivity index (χ0n) is 16.9. The first kappa shape index (κ1) is 20.2. The van der Waals surface area contributed by atoms with E-state index in [0.29, 0.717) is 30.9 Å². The molecule has 1 fully saturated rings. The molecule has 1 aromatic heterocycles. The molecule has 1 atom stereocenters. The van der Waals surface area contributed by atoms with E-state index in [1.165, 1.54) is 22.5 Å². The average molecular weight is 420 g/mol. The summed E-state index contributed by atoms with van der Waals surface area (Å²) in [4.78, 5) is 11.9. The maximum absolute atomic E-state index is 13.5. The quantitative estimate of drug-likeness (QED) is 0.818. The van der Waals surface area contributed by atoms with E-state index in [-0.39, 0.29) is 10.8 Å². The number of nitrogens with one attached hydrogen (secondary N) is 1. The van der Waals surface area contributed by atoms with Gasteiger partial charge in [0.25, 0.3) is 0 Å². The van der Waals surface area contributed by atoms with E-state index < -0.39 is 15.8 Å². The largest absolute Gasteiger partial charge is 0.373 e. The van der Waals surface area contributed by atoms with Crippen molar-refractivity contribution in [3.05, 3.63) is 46.7 Å². The second-order valence-electron chi connectivity index (χ2n) is 7.85. The number of nitrogens with zero attached hydrogens (tertiary/aromatic N) is 4. The predicted molar refractivity (Wildman–Crippen MR) is 109 cm³/mol. The van der Waals surface area contributed by atoms with Gasteiger partial charge < -0.3 is 10.2 Å². The van der Waals surface area contributed by atoms with Crippen LogP contribution in [0, 0.1) is 12.7 Å². The number of fused-ring (bicyclic) bond motifs is 1. The minimum absolute atomic E-state index is 0.0524. The van der Waals surface area contributed by atoms with Gasteiger partial charge in [-0.2, -0.15) is 4.31 Å². The molecule has 2 aromatic rings. The van der Waals surface area contributed by atoms with E-state index in [1.807, 2.05) is 7.05 Å². The van der Waals surface area contributed by atoms with Gasteiger partial charge in [0.15, 0.2) is 0 Å². The van der Waals surface area contributed by atoms with Gasteiger partial charge in [-0.15, -0.1) is 0 Å². The van der Waals surface area contributed by atoms with E-state index in [4.69, 9.17) is 9.97 Å². The predicted octanol–water partition coefficient (Wildman–Crippen LogP) is 2.13. The van der Waals surface area contributed by atoms with Crippen LogP contribution in [-0.4, -0.2) is 61.3 Å². The van der Waals surface area contributed by atoms with Gasteiger partial charge in [-0.1, -0.05) is 0 Å². The highest BCUT2D eigenvalue weighted by atomic mass is 32.2. The maximum atomic E-state index is 13.5. The number of halogens is 1. The lowest BCUT2D eigenvalue weighted by Gasteiger charge is -2.26. The fourth-order valence-electron chi connectivity index (χ4n) is 4.04. The van der Waals surface area contributed by atoms with E-state index in [1.54, 1.807) is 6.92 Å². The molecule has 2 aliphatic rings. The number of rotatable bonds is 4.